The van der Waals surface area contributed by atoms with Gasteiger partial charge in [0, 0.05) is 46.5 Å². The van der Waals surface area contributed by atoms with E-state index in [1.807, 2.05) is 42.7 Å². The highest BCUT2D eigenvalue weighted by Crippen LogP contribution is 2.49. The molecular weight excluding hydrogens is 308 g/mol. The minimum absolute atomic E-state index is 0.0165. The van der Waals surface area contributed by atoms with Crippen LogP contribution in [0.2, 0.25) is 0 Å². The van der Waals surface area contributed by atoms with E-state index in [9.17, 15) is 4.79 Å². The molecule has 3 heteroatoms. The molecular formula is C22H18N2O. The summed E-state index contributed by atoms with van der Waals surface area (Å²) in [4.78, 5) is 19.5. The van der Waals surface area contributed by atoms with Gasteiger partial charge in [-0.15, -0.1) is 0 Å². The van der Waals surface area contributed by atoms with Crippen molar-refractivity contribution in [3.8, 4) is 0 Å². The number of carbonyl (C=O) groups is 1. The van der Waals surface area contributed by atoms with Crippen molar-refractivity contribution in [1.82, 2.24) is 9.97 Å². The molecule has 122 valence electrons. The van der Waals surface area contributed by atoms with Gasteiger partial charge in [-0.3, -0.25) is 4.79 Å². The monoisotopic (exact) mass is 326 g/mol. The van der Waals surface area contributed by atoms with Crippen LogP contribution in [0.4, 0.5) is 0 Å². The smallest absolute Gasteiger partial charge is 0.145 e. The Morgan fingerprint density at radius 3 is 1.92 bits per heavy atom. The Kier molecular flexibility index (Phi) is 2.98. The van der Waals surface area contributed by atoms with Gasteiger partial charge in [0.25, 0.3) is 0 Å². The average molecular weight is 326 g/mol. The summed E-state index contributed by atoms with van der Waals surface area (Å²) in [6.07, 6.45) is 4.49. The van der Waals surface area contributed by atoms with Crippen LogP contribution in [0.25, 0.3) is 21.8 Å². The van der Waals surface area contributed by atoms with Crippen LogP contribution in [0.1, 0.15) is 29.4 Å². The predicted octanol–water partition coefficient (Wildman–Crippen LogP) is 5.05. The molecule has 1 fully saturated rings. The second-order valence-corrected chi connectivity index (χ2v) is 6.84. The van der Waals surface area contributed by atoms with E-state index in [-0.39, 0.29) is 17.6 Å². The van der Waals surface area contributed by atoms with Gasteiger partial charge < -0.3 is 9.97 Å². The number of hydrogen-bond donors (Lipinski definition) is 2. The topological polar surface area (TPSA) is 48.6 Å². The minimum Gasteiger partial charge on any atom is -0.361 e. The van der Waals surface area contributed by atoms with Crippen molar-refractivity contribution in [1.29, 1.82) is 0 Å². The van der Waals surface area contributed by atoms with Gasteiger partial charge in [0.2, 0.25) is 0 Å². The van der Waals surface area contributed by atoms with Crippen LogP contribution in [-0.4, -0.2) is 15.8 Å². The molecule has 0 amide bonds. The highest BCUT2D eigenvalue weighted by atomic mass is 16.1. The molecule has 0 spiro atoms. The number of benzene rings is 2. The summed E-state index contributed by atoms with van der Waals surface area (Å²) in [6.45, 7) is 4.24. The largest absolute Gasteiger partial charge is 0.361 e. The molecule has 0 bridgehead atoms. The molecule has 1 aliphatic rings. The fourth-order valence-corrected chi connectivity index (χ4v) is 4.32. The standard InChI is InChI=1S/C22H18N2O/c1-13-10-20(25)22(17-12-24-19-9-5-3-7-15(17)19)21(13)16-11-23-18-8-4-2-6-14(16)18/h2-9,11-12,21-24H,1,10H2. The van der Waals surface area contributed by atoms with Crippen LogP contribution < -0.4 is 0 Å². The zero-order chi connectivity index (χ0) is 17.0. The number of ketones is 1. The van der Waals surface area contributed by atoms with Crippen LogP contribution >= 0.6 is 0 Å². The minimum atomic E-state index is -0.178. The zero-order valence-electron chi connectivity index (χ0n) is 13.8. The molecule has 0 radical (unpaired) electrons. The van der Waals surface area contributed by atoms with Gasteiger partial charge in [0.05, 0.1) is 5.92 Å². The molecule has 0 aliphatic heterocycles. The Hall–Kier alpha value is -3.07. The van der Waals surface area contributed by atoms with Crippen molar-refractivity contribution >= 4 is 27.6 Å². The second-order valence-electron chi connectivity index (χ2n) is 6.84. The van der Waals surface area contributed by atoms with E-state index in [0.29, 0.717) is 6.42 Å². The van der Waals surface area contributed by atoms with Gasteiger partial charge >= 0.3 is 0 Å². The predicted molar refractivity (Wildman–Crippen MR) is 101 cm³/mol. The molecule has 1 saturated carbocycles. The number of para-hydroxylation sites is 2. The molecule has 3 nitrogen and oxygen atoms in total. The second kappa shape index (κ2) is 5.21. The number of hydrogen-bond acceptors (Lipinski definition) is 1. The maximum atomic E-state index is 12.9. The third kappa shape index (κ3) is 2.02. The maximum Gasteiger partial charge on any atom is 0.145 e. The first-order valence-electron chi connectivity index (χ1n) is 8.56. The van der Waals surface area contributed by atoms with E-state index < -0.39 is 0 Å². The molecule has 2 N–H and O–H groups in total. The fourth-order valence-electron chi connectivity index (χ4n) is 4.32. The molecule has 25 heavy (non-hydrogen) atoms. The number of aromatic nitrogens is 2. The van der Waals surface area contributed by atoms with Crippen molar-refractivity contribution in [2.45, 2.75) is 18.3 Å². The lowest BCUT2D eigenvalue weighted by Crippen LogP contribution is -2.11. The van der Waals surface area contributed by atoms with Crippen molar-refractivity contribution in [2.75, 3.05) is 0 Å². The van der Waals surface area contributed by atoms with Crippen LogP contribution in [0.15, 0.2) is 73.1 Å². The van der Waals surface area contributed by atoms with Crippen molar-refractivity contribution in [3.05, 3.63) is 84.2 Å². The fraction of sp³-hybridized carbons (Fsp3) is 0.136. The first-order valence-corrected chi connectivity index (χ1v) is 8.56. The first kappa shape index (κ1) is 14.3. The number of nitrogens with one attached hydrogen (secondary N) is 2. The normalized spacial score (nSPS) is 20.8. The van der Waals surface area contributed by atoms with Gasteiger partial charge in [-0.05, 0) is 23.3 Å². The number of carbonyl (C=O) groups excluding carboxylic acids is 1. The SMILES string of the molecule is C=C1CC(=O)C(c2c[nH]c3ccccc23)C1c1c[nH]c2ccccc12. The van der Waals surface area contributed by atoms with Crippen molar-refractivity contribution in [2.24, 2.45) is 0 Å². The van der Waals surface area contributed by atoms with Gasteiger partial charge in [0.1, 0.15) is 5.78 Å². The highest BCUT2D eigenvalue weighted by molar-refractivity contribution is 5.99. The Balaban J connectivity index is 1.72. The zero-order valence-corrected chi connectivity index (χ0v) is 13.8. The molecule has 0 saturated heterocycles. The Morgan fingerprint density at radius 2 is 1.32 bits per heavy atom. The summed E-state index contributed by atoms with van der Waals surface area (Å²) >= 11 is 0. The third-order valence-corrected chi connectivity index (χ3v) is 5.43. The molecule has 2 aromatic heterocycles. The summed E-state index contributed by atoms with van der Waals surface area (Å²) in [5.41, 5.74) is 5.42. The van der Waals surface area contributed by atoms with E-state index >= 15 is 0 Å². The van der Waals surface area contributed by atoms with Gasteiger partial charge in [-0.2, -0.15) is 0 Å². The number of allylic oxidation sites excluding steroid dienone is 1. The lowest BCUT2D eigenvalue weighted by atomic mass is 9.82. The molecule has 5 rings (SSSR count). The lowest BCUT2D eigenvalue weighted by molar-refractivity contribution is -0.118. The summed E-state index contributed by atoms with van der Waals surface area (Å²) in [6, 6.07) is 16.4. The molecule has 2 aromatic carbocycles. The maximum absolute atomic E-state index is 12.9. The summed E-state index contributed by atoms with van der Waals surface area (Å²) < 4.78 is 0. The van der Waals surface area contributed by atoms with Crippen LogP contribution in [0.3, 0.4) is 0 Å². The van der Waals surface area contributed by atoms with E-state index in [0.717, 1.165) is 27.6 Å². The Bertz CT molecular complexity index is 1040. The van der Waals surface area contributed by atoms with Gasteiger partial charge in [-0.25, -0.2) is 0 Å². The quantitative estimate of drug-likeness (QED) is 0.498. The Morgan fingerprint density at radius 1 is 0.800 bits per heavy atom. The Labute approximate surface area is 145 Å². The number of Topliss-reactive ketones (excluding diaryl/α,β-unsaturated/α-hetero) is 1. The molecule has 4 aromatic rings. The summed E-state index contributed by atoms with van der Waals surface area (Å²) in [7, 11) is 0. The van der Waals surface area contributed by atoms with Crippen molar-refractivity contribution < 1.29 is 4.79 Å². The number of aromatic amines is 2. The molecule has 1 aliphatic carbocycles. The lowest BCUT2D eigenvalue weighted by Gasteiger charge is -2.19. The van der Waals surface area contributed by atoms with Gasteiger partial charge in [-0.1, -0.05) is 48.6 Å². The first-order chi connectivity index (χ1) is 12.2. The summed E-state index contributed by atoms with van der Waals surface area (Å²) in [5, 5.41) is 2.30. The van der Waals surface area contributed by atoms with E-state index in [2.05, 4.69) is 34.7 Å². The average Bonchev–Trinajstić information content (AvgIpc) is 3.30. The molecule has 2 atom stereocenters. The van der Waals surface area contributed by atoms with E-state index in [1.54, 1.807) is 0 Å². The van der Waals surface area contributed by atoms with Crippen LogP contribution in [0, 0.1) is 0 Å². The van der Waals surface area contributed by atoms with Crippen molar-refractivity contribution in [3.63, 3.8) is 0 Å². The number of H-pyrrole nitrogens is 2. The summed E-state index contributed by atoms with van der Waals surface area (Å²) in [5.74, 6) is 0.0933. The molecule has 2 unspecified atom stereocenters. The van der Waals surface area contributed by atoms with E-state index in [1.165, 1.54) is 10.9 Å². The van der Waals surface area contributed by atoms with E-state index in [4.69, 9.17) is 0 Å². The van der Waals surface area contributed by atoms with Gasteiger partial charge in [0.15, 0.2) is 0 Å². The van der Waals surface area contributed by atoms with Crippen LogP contribution in [-0.2, 0) is 4.79 Å². The number of rotatable bonds is 2. The third-order valence-electron chi connectivity index (χ3n) is 5.43. The highest BCUT2D eigenvalue weighted by Gasteiger charge is 2.41. The number of fused-ring (bicyclic) bond motifs is 2. The van der Waals surface area contributed by atoms with Crippen LogP contribution in [0.5, 0.6) is 0 Å². The molecule has 2 heterocycles.